The van der Waals surface area contributed by atoms with Gasteiger partial charge in [-0.25, -0.2) is 0 Å². The van der Waals surface area contributed by atoms with Crippen molar-refractivity contribution in [1.29, 1.82) is 5.26 Å². The van der Waals surface area contributed by atoms with Crippen LogP contribution in [0.15, 0.2) is 48.5 Å². The van der Waals surface area contributed by atoms with Gasteiger partial charge in [0, 0.05) is 18.8 Å². The summed E-state index contributed by atoms with van der Waals surface area (Å²) in [5.74, 6) is 1.35. The number of hydrogen-bond donors (Lipinski definition) is 1. The van der Waals surface area contributed by atoms with E-state index in [1.54, 1.807) is 24.3 Å². The molecule has 1 saturated heterocycles. The monoisotopic (exact) mass is 338 g/mol. The third-order valence-corrected chi connectivity index (χ3v) is 4.18. The lowest BCUT2D eigenvalue weighted by Crippen LogP contribution is -2.25. The van der Waals surface area contributed by atoms with Crippen molar-refractivity contribution in [3.63, 3.8) is 0 Å². The van der Waals surface area contributed by atoms with Crippen LogP contribution in [0.1, 0.15) is 18.4 Å². The molecule has 1 aliphatic heterocycles. The zero-order valence-electron chi connectivity index (χ0n) is 14.1. The normalized spacial score (nSPS) is 14.8. The van der Waals surface area contributed by atoms with Crippen molar-refractivity contribution in [2.45, 2.75) is 18.9 Å². The van der Waals surface area contributed by atoms with Crippen LogP contribution in [0.3, 0.4) is 0 Å². The molecule has 0 radical (unpaired) electrons. The average Bonchev–Trinajstić information content (AvgIpc) is 3.20. The highest BCUT2D eigenvalue weighted by atomic mass is 16.5. The zero-order chi connectivity index (χ0) is 17.5. The molecule has 1 fully saturated rings. The summed E-state index contributed by atoms with van der Waals surface area (Å²) in [7, 11) is 0. The summed E-state index contributed by atoms with van der Waals surface area (Å²) in [6.45, 7) is 2.54. The Hall–Kier alpha value is -2.71. The number of nitrogens with zero attached hydrogens (tertiary/aromatic N) is 2. The minimum atomic E-state index is -0.728. The Morgan fingerprint density at radius 1 is 0.920 bits per heavy atom. The maximum atomic E-state index is 9.99. The topological polar surface area (TPSA) is 65.7 Å². The summed E-state index contributed by atoms with van der Waals surface area (Å²) in [5.41, 5.74) is 1.79. The molecule has 3 rings (SSSR count). The van der Waals surface area contributed by atoms with Gasteiger partial charge in [0.2, 0.25) is 0 Å². The number of rotatable bonds is 7. The predicted molar refractivity (Wildman–Crippen MR) is 96.0 cm³/mol. The van der Waals surface area contributed by atoms with E-state index in [0.717, 1.165) is 18.8 Å². The van der Waals surface area contributed by atoms with Gasteiger partial charge in [-0.05, 0) is 61.4 Å². The molecular formula is C20H22N2O3. The molecule has 0 bridgehead atoms. The smallest absolute Gasteiger partial charge is 0.122 e. The Kier molecular flexibility index (Phi) is 5.76. The summed E-state index contributed by atoms with van der Waals surface area (Å²) in [5, 5.41) is 18.7. The number of aliphatic hydroxyl groups excluding tert-OH is 1. The zero-order valence-corrected chi connectivity index (χ0v) is 14.1. The van der Waals surface area contributed by atoms with Crippen LogP contribution in [-0.4, -0.2) is 37.5 Å². The standard InChI is InChI=1S/C20H22N2O3/c21-13-16-3-7-19(8-4-16)24-14-18(23)15-25-20-9-5-17(6-10-20)22-11-1-2-12-22/h3-10,18,23H,1-2,11-12,14-15H2. The van der Waals surface area contributed by atoms with E-state index in [2.05, 4.69) is 23.1 Å². The lowest BCUT2D eigenvalue weighted by molar-refractivity contribution is 0.0626. The molecule has 0 aliphatic carbocycles. The van der Waals surface area contributed by atoms with Crippen molar-refractivity contribution in [1.82, 2.24) is 0 Å². The summed E-state index contributed by atoms with van der Waals surface area (Å²) < 4.78 is 11.1. The molecular weight excluding hydrogens is 316 g/mol. The summed E-state index contributed by atoms with van der Waals surface area (Å²) in [6.07, 6.45) is 1.78. The first-order valence-corrected chi connectivity index (χ1v) is 8.53. The predicted octanol–water partition coefficient (Wildman–Crippen LogP) is 2.98. The minimum Gasteiger partial charge on any atom is -0.491 e. The van der Waals surface area contributed by atoms with Crippen LogP contribution >= 0.6 is 0 Å². The number of hydrogen-bond acceptors (Lipinski definition) is 5. The highest BCUT2D eigenvalue weighted by Crippen LogP contribution is 2.23. The largest absolute Gasteiger partial charge is 0.491 e. The second-order valence-corrected chi connectivity index (χ2v) is 6.10. The Morgan fingerprint density at radius 3 is 1.96 bits per heavy atom. The molecule has 1 heterocycles. The second kappa shape index (κ2) is 8.41. The fourth-order valence-corrected chi connectivity index (χ4v) is 2.79. The van der Waals surface area contributed by atoms with Crippen molar-refractivity contribution >= 4 is 5.69 Å². The van der Waals surface area contributed by atoms with Gasteiger partial charge in [-0.1, -0.05) is 0 Å². The van der Waals surface area contributed by atoms with E-state index in [9.17, 15) is 5.11 Å². The molecule has 0 amide bonds. The van der Waals surface area contributed by atoms with E-state index in [1.807, 2.05) is 12.1 Å². The van der Waals surface area contributed by atoms with Gasteiger partial charge in [0.05, 0.1) is 11.6 Å². The minimum absolute atomic E-state index is 0.137. The molecule has 25 heavy (non-hydrogen) atoms. The van der Waals surface area contributed by atoms with E-state index >= 15 is 0 Å². The summed E-state index contributed by atoms with van der Waals surface area (Å²) in [6, 6.07) is 16.8. The van der Waals surface area contributed by atoms with E-state index in [1.165, 1.54) is 18.5 Å². The number of benzene rings is 2. The number of anilines is 1. The maximum Gasteiger partial charge on any atom is 0.122 e. The Morgan fingerprint density at radius 2 is 1.44 bits per heavy atom. The lowest BCUT2D eigenvalue weighted by atomic mass is 10.2. The van der Waals surface area contributed by atoms with Crippen LogP contribution in [-0.2, 0) is 0 Å². The summed E-state index contributed by atoms with van der Waals surface area (Å²) >= 11 is 0. The number of ether oxygens (including phenoxy) is 2. The molecule has 0 spiro atoms. The molecule has 1 unspecified atom stereocenters. The maximum absolute atomic E-state index is 9.99. The van der Waals surface area contributed by atoms with Gasteiger partial charge in [-0.3, -0.25) is 0 Å². The summed E-state index contributed by atoms with van der Waals surface area (Å²) in [4.78, 5) is 2.37. The Bertz CT molecular complexity index is 701. The van der Waals surface area contributed by atoms with Gasteiger partial charge in [-0.15, -0.1) is 0 Å². The van der Waals surface area contributed by atoms with Crippen molar-refractivity contribution in [2.24, 2.45) is 0 Å². The van der Waals surface area contributed by atoms with E-state index in [-0.39, 0.29) is 13.2 Å². The van der Waals surface area contributed by atoms with Crippen molar-refractivity contribution in [3.8, 4) is 17.6 Å². The highest BCUT2D eigenvalue weighted by molar-refractivity contribution is 5.49. The molecule has 0 aromatic heterocycles. The average molecular weight is 338 g/mol. The Balaban J connectivity index is 1.42. The van der Waals surface area contributed by atoms with Gasteiger partial charge >= 0.3 is 0 Å². The molecule has 2 aromatic rings. The molecule has 0 saturated carbocycles. The van der Waals surface area contributed by atoms with Gasteiger partial charge in [0.15, 0.2) is 0 Å². The fourth-order valence-electron chi connectivity index (χ4n) is 2.79. The SMILES string of the molecule is N#Cc1ccc(OCC(O)COc2ccc(N3CCCC3)cc2)cc1. The third kappa shape index (κ3) is 4.88. The van der Waals surface area contributed by atoms with E-state index in [0.29, 0.717) is 11.3 Å². The van der Waals surface area contributed by atoms with Crippen LogP contribution in [0, 0.1) is 11.3 Å². The van der Waals surface area contributed by atoms with E-state index < -0.39 is 6.10 Å². The van der Waals surface area contributed by atoms with Crippen molar-refractivity contribution in [2.75, 3.05) is 31.2 Å². The van der Waals surface area contributed by atoms with Gasteiger partial charge < -0.3 is 19.5 Å². The number of aliphatic hydroxyl groups is 1. The van der Waals surface area contributed by atoms with Gasteiger partial charge in [-0.2, -0.15) is 5.26 Å². The van der Waals surface area contributed by atoms with Crippen LogP contribution in [0.2, 0.25) is 0 Å². The quantitative estimate of drug-likeness (QED) is 0.841. The first-order chi connectivity index (χ1) is 12.2. The van der Waals surface area contributed by atoms with Gasteiger partial charge in [0.25, 0.3) is 0 Å². The molecule has 1 atom stereocenters. The third-order valence-electron chi connectivity index (χ3n) is 4.18. The van der Waals surface area contributed by atoms with Crippen LogP contribution in [0.5, 0.6) is 11.5 Å². The molecule has 2 aromatic carbocycles. The lowest BCUT2D eigenvalue weighted by Gasteiger charge is -2.18. The molecule has 130 valence electrons. The van der Waals surface area contributed by atoms with Crippen LogP contribution < -0.4 is 14.4 Å². The van der Waals surface area contributed by atoms with Gasteiger partial charge in [0.1, 0.15) is 30.8 Å². The molecule has 1 N–H and O–H groups in total. The van der Waals surface area contributed by atoms with Crippen molar-refractivity contribution < 1.29 is 14.6 Å². The van der Waals surface area contributed by atoms with Crippen LogP contribution in [0.25, 0.3) is 0 Å². The fraction of sp³-hybridized carbons (Fsp3) is 0.350. The second-order valence-electron chi connectivity index (χ2n) is 6.10. The number of nitriles is 1. The molecule has 5 heteroatoms. The highest BCUT2D eigenvalue weighted by Gasteiger charge is 2.12. The molecule has 5 nitrogen and oxygen atoms in total. The first-order valence-electron chi connectivity index (χ1n) is 8.53. The van der Waals surface area contributed by atoms with Crippen LogP contribution in [0.4, 0.5) is 5.69 Å². The van der Waals surface area contributed by atoms with E-state index in [4.69, 9.17) is 14.7 Å². The first kappa shape index (κ1) is 17.1. The molecule has 1 aliphatic rings. The van der Waals surface area contributed by atoms with Crippen molar-refractivity contribution in [3.05, 3.63) is 54.1 Å². The Labute approximate surface area is 148 Å².